The molecule has 0 saturated carbocycles. The normalized spacial score (nSPS) is 26.6. The highest BCUT2D eigenvalue weighted by Crippen LogP contribution is 2.32. The van der Waals surface area contributed by atoms with E-state index in [9.17, 15) is 4.39 Å². The van der Waals surface area contributed by atoms with Gasteiger partial charge in [0.2, 0.25) is 0 Å². The molecule has 1 saturated heterocycles. The van der Waals surface area contributed by atoms with E-state index in [1.807, 2.05) is 23.9 Å². The number of benzene rings is 1. The number of rotatable bonds is 1. The zero-order valence-electron chi connectivity index (χ0n) is 9.09. The highest BCUT2D eigenvalue weighted by molar-refractivity contribution is 7.99. The Morgan fingerprint density at radius 1 is 1.47 bits per heavy atom. The zero-order chi connectivity index (χ0) is 10.8. The third-order valence-corrected chi connectivity index (χ3v) is 3.98. The van der Waals surface area contributed by atoms with Gasteiger partial charge in [0.25, 0.3) is 0 Å². The Hall–Kier alpha value is -0.540. The highest BCUT2D eigenvalue weighted by atomic mass is 32.2. The fourth-order valence-electron chi connectivity index (χ4n) is 1.72. The Labute approximate surface area is 94.5 Å². The van der Waals surface area contributed by atoms with E-state index in [1.54, 1.807) is 13.0 Å². The molecule has 2 unspecified atom stereocenters. The molecule has 82 valence electrons. The Kier molecular flexibility index (Phi) is 3.32. The van der Waals surface area contributed by atoms with E-state index in [4.69, 9.17) is 0 Å². The molecular weight excluding hydrogens is 209 g/mol. The fraction of sp³-hybridized carbons (Fsp3) is 0.500. The fourth-order valence-corrected chi connectivity index (χ4v) is 3.11. The molecule has 1 nitrogen and oxygen atoms in total. The summed E-state index contributed by atoms with van der Waals surface area (Å²) < 4.78 is 13.4. The summed E-state index contributed by atoms with van der Waals surface area (Å²) in [4.78, 5) is 0. The van der Waals surface area contributed by atoms with Crippen molar-refractivity contribution in [2.24, 2.45) is 0 Å². The van der Waals surface area contributed by atoms with Crippen molar-refractivity contribution in [2.45, 2.75) is 31.7 Å². The Bertz CT molecular complexity index is 353. The van der Waals surface area contributed by atoms with Crippen molar-refractivity contribution in [3.63, 3.8) is 0 Å². The summed E-state index contributed by atoms with van der Waals surface area (Å²) in [5, 5.41) is 3.73. The zero-order valence-corrected chi connectivity index (χ0v) is 9.90. The van der Waals surface area contributed by atoms with Crippen LogP contribution in [0.3, 0.4) is 0 Å². The smallest absolute Gasteiger partial charge is 0.126 e. The third kappa shape index (κ3) is 2.52. The summed E-state index contributed by atoms with van der Waals surface area (Å²) in [5.74, 6) is 1.04. The van der Waals surface area contributed by atoms with Crippen molar-refractivity contribution in [3.8, 4) is 0 Å². The Morgan fingerprint density at radius 2 is 2.27 bits per heavy atom. The lowest BCUT2D eigenvalue weighted by Gasteiger charge is -2.28. The number of hydrogen-bond donors (Lipinski definition) is 1. The van der Waals surface area contributed by atoms with E-state index >= 15 is 0 Å². The van der Waals surface area contributed by atoms with Crippen LogP contribution in [0.15, 0.2) is 18.2 Å². The molecule has 0 spiro atoms. The summed E-state index contributed by atoms with van der Waals surface area (Å²) in [6.07, 6.45) is 1.19. The van der Waals surface area contributed by atoms with Crippen LogP contribution in [0, 0.1) is 12.7 Å². The molecule has 0 radical (unpaired) electrons. The van der Waals surface area contributed by atoms with Crippen molar-refractivity contribution in [2.75, 3.05) is 5.75 Å². The molecule has 1 aliphatic heterocycles. The third-order valence-electron chi connectivity index (χ3n) is 2.77. The Morgan fingerprint density at radius 3 is 2.93 bits per heavy atom. The van der Waals surface area contributed by atoms with Gasteiger partial charge in [-0.25, -0.2) is 4.39 Å². The van der Waals surface area contributed by atoms with Gasteiger partial charge >= 0.3 is 0 Å². The van der Waals surface area contributed by atoms with E-state index in [2.05, 4.69) is 12.2 Å². The molecule has 2 atom stereocenters. The van der Waals surface area contributed by atoms with Crippen LogP contribution in [0.25, 0.3) is 0 Å². The van der Waals surface area contributed by atoms with Crippen molar-refractivity contribution < 1.29 is 4.39 Å². The molecule has 0 aromatic heterocycles. The summed E-state index contributed by atoms with van der Waals surface area (Å²) in [5.41, 5.74) is 1.77. The first-order valence-electron chi connectivity index (χ1n) is 5.30. The second-order valence-electron chi connectivity index (χ2n) is 4.12. The van der Waals surface area contributed by atoms with Gasteiger partial charge < -0.3 is 0 Å². The average Bonchev–Trinajstić information content (AvgIpc) is 2.22. The second-order valence-corrected chi connectivity index (χ2v) is 5.33. The largest absolute Gasteiger partial charge is 0.299 e. The maximum atomic E-state index is 13.4. The van der Waals surface area contributed by atoms with E-state index < -0.39 is 0 Å². The van der Waals surface area contributed by atoms with Gasteiger partial charge in [0.15, 0.2) is 0 Å². The average molecular weight is 225 g/mol. The SMILES string of the molecule is Cc1ccc(C2NC(C)CCS2)cc1F. The first-order valence-corrected chi connectivity index (χ1v) is 6.35. The lowest BCUT2D eigenvalue weighted by Crippen LogP contribution is -2.33. The molecule has 1 aromatic carbocycles. The van der Waals surface area contributed by atoms with Crippen molar-refractivity contribution in [1.29, 1.82) is 0 Å². The second kappa shape index (κ2) is 4.54. The molecular formula is C12H16FNS. The predicted molar refractivity (Wildman–Crippen MR) is 63.6 cm³/mol. The number of aryl methyl sites for hydroxylation is 1. The monoisotopic (exact) mass is 225 g/mol. The van der Waals surface area contributed by atoms with Crippen molar-refractivity contribution >= 4 is 11.8 Å². The van der Waals surface area contributed by atoms with Gasteiger partial charge in [0.05, 0.1) is 5.37 Å². The lowest BCUT2D eigenvalue weighted by atomic mass is 10.1. The first kappa shape index (κ1) is 11.0. The minimum Gasteiger partial charge on any atom is -0.299 e. The summed E-state index contributed by atoms with van der Waals surface area (Å²) in [7, 11) is 0. The van der Waals surface area contributed by atoms with Crippen LogP contribution >= 0.6 is 11.8 Å². The number of halogens is 1. The van der Waals surface area contributed by atoms with Crippen LogP contribution in [0.4, 0.5) is 4.39 Å². The molecule has 1 aliphatic rings. The van der Waals surface area contributed by atoms with Gasteiger partial charge in [-0.15, -0.1) is 11.8 Å². The molecule has 15 heavy (non-hydrogen) atoms. The van der Waals surface area contributed by atoms with Gasteiger partial charge in [-0.1, -0.05) is 12.1 Å². The van der Waals surface area contributed by atoms with Crippen molar-refractivity contribution in [3.05, 3.63) is 35.1 Å². The van der Waals surface area contributed by atoms with Crippen molar-refractivity contribution in [1.82, 2.24) is 5.32 Å². The molecule has 0 aliphatic carbocycles. The maximum absolute atomic E-state index is 13.4. The standard InChI is InChI=1S/C12H16FNS/c1-8-3-4-10(7-11(8)13)12-14-9(2)5-6-15-12/h3-4,7,9,12,14H,5-6H2,1-2H3. The molecule has 1 heterocycles. The number of thioether (sulfide) groups is 1. The van der Waals surface area contributed by atoms with Gasteiger partial charge in [-0.05, 0) is 43.2 Å². The van der Waals surface area contributed by atoms with Crippen LogP contribution in [-0.2, 0) is 0 Å². The van der Waals surface area contributed by atoms with Gasteiger partial charge in [-0.3, -0.25) is 5.32 Å². The molecule has 0 bridgehead atoms. The Balaban J connectivity index is 2.18. The molecule has 1 aromatic rings. The summed E-state index contributed by atoms with van der Waals surface area (Å²) in [6, 6.07) is 6.05. The quantitative estimate of drug-likeness (QED) is 0.787. The molecule has 3 heteroatoms. The van der Waals surface area contributed by atoms with Gasteiger partial charge in [-0.2, -0.15) is 0 Å². The highest BCUT2D eigenvalue weighted by Gasteiger charge is 2.20. The molecule has 2 rings (SSSR count). The minimum absolute atomic E-state index is 0.104. The van der Waals surface area contributed by atoms with Crippen LogP contribution in [0.5, 0.6) is 0 Å². The van der Waals surface area contributed by atoms with Crippen LogP contribution in [0.1, 0.15) is 29.8 Å². The molecule has 1 fully saturated rings. The lowest BCUT2D eigenvalue weighted by molar-refractivity contribution is 0.509. The maximum Gasteiger partial charge on any atom is 0.126 e. The topological polar surface area (TPSA) is 12.0 Å². The minimum atomic E-state index is -0.104. The number of nitrogens with one attached hydrogen (secondary N) is 1. The van der Waals surface area contributed by atoms with Crippen LogP contribution in [-0.4, -0.2) is 11.8 Å². The van der Waals surface area contributed by atoms with E-state index in [1.165, 1.54) is 6.42 Å². The van der Waals surface area contributed by atoms with Crippen LogP contribution < -0.4 is 5.32 Å². The van der Waals surface area contributed by atoms with E-state index in [0.29, 0.717) is 11.6 Å². The van der Waals surface area contributed by atoms with Gasteiger partial charge in [0.1, 0.15) is 5.82 Å². The molecule has 0 amide bonds. The predicted octanol–water partition coefficient (Wildman–Crippen LogP) is 3.25. The van der Waals surface area contributed by atoms with Gasteiger partial charge in [0, 0.05) is 6.04 Å². The number of hydrogen-bond acceptors (Lipinski definition) is 2. The summed E-state index contributed by atoms with van der Waals surface area (Å²) >= 11 is 1.86. The summed E-state index contributed by atoms with van der Waals surface area (Å²) in [6.45, 7) is 3.97. The van der Waals surface area contributed by atoms with E-state index in [-0.39, 0.29) is 11.2 Å². The first-order chi connectivity index (χ1) is 7.16. The van der Waals surface area contributed by atoms with E-state index in [0.717, 1.165) is 11.3 Å². The van der Waals surface area contributed by atoms with Crippen LogP contribution in [0.2, 0.25) is 0 Å². The molecule has 1 N–H and O–H groups in total.